The summed E-state index contributed by atoms with van der Waals surface area (Å²) >= 11 is 0. The van der Waals surface area contributed by atoms with Crippen LogP contribution in [-0.4, -0.2) is 47.2 Å². The largest absolute Gasteiger partial charge is 0.355 e. The number of carbonyl (C=O) groups excluding carboxylic acids is 1. The minimum atomic E-state index is -0.252. The lowest BCUT2D eigenvalue weighted by atomic mass is 9.95. The lowest BCUT2D eigenvalue weighted by Gasteiger charge is -2.36. The fourth-order valence-corrected chi connectivity index (χ4v) is 3.98. The summed E-state index contributed by atoms with van der Waals surface area (Å²) in [6, 6.07) is 10.2. The molecule has 0 unspecified atom stereocenters. The van der Waals surface area contributed by atoms with Crippen molar-refractivity contribution < 1.29 is 9.18 Å². The van der Waals surface area contributed by atoms with Gasteiger partial charge in [-0.15, -0.1) is 10.2 Å². The fourth-order valence-electron chi connectivity index (χ4n) is 3.98. The standard InChI is InChI=1S/C21H25FN4O/c22-18-6-4-17(5-7-18)19-8-9-20(24-23-19)25-13-10-16(11-14-25)15-26-12-2-1-3-21(26)27/h4-9,16H,1-3,10-15H2. The quantitative estimate of drug-likeness (QED) is 0.829. The molecule has 0 N–H and O–H groups in total. The van der Waals surface area contributed by atoms with E-state index in [0.29, 0.717) is 11.8 Å². The molecule has 2 aliphatic rings. The zero-order chi connectivity index (χ0) is 18.6. The molecule has 2 aliphatic heterocycles. The Kier molecular flexibility index (Phi) is 5.32. The maximum Gasteiger partial charge on any atom is 0.222 e. The van der Waals surface area contributed by atoms with Gasteiger partial charge in [-0.3, -0.25) is 4.79 Å². The molecule has 2 saturated heterocycles. The van der Waals surface area contributed by atoms with E-state index >= 15 is 0 Å². The minimum absolute atomic E-state index is 0.252. The summed E-state index contributed by atoms with van der Waals surface area (Å²) in [5.41, 5.74) is 1.61. The first-order chi connectivity index (χ1) is 13.2. The monoisotopic (exact) mass is 368 g/mol. The number of hydrogen-bond acceptors (Lipinski definition) is 4. The number of halogens is 1. The summed E-state index contributed by atoms with van der Waals surface area (Å²) in [4.78, 5) is 16.3. The van der Waals surface area contributed by atoms with Crippen LogP contribution in [-0.2, 0) is 4.79 Å². The van der Waals surface area contributed by atoms with Gasteiger partial charge in [0.15, 0.2) is 5.82 Å². The lowest BCUT2D eigenvalue weighted by Crippen LogP contribution is -2.42. The van der Waals surface area contributed by atoms with Crippen LogP contribution < -0.4 is 4.90 Å². The van der Waals surface area contributed by atoms with Crippen molar-refractivity contribution in [1.29, 1.82) is 0 Å². The number of amides is 1. The van der Waals surface area contributed by atoms with E-state index in [1.165, 1.54) is 12.1 Å². The predicted molar refractivity (Wildman–Crippen MR) is 103 cm³/mol. The first-order valence-corrected chi connectivity index (χ1v) is 9.81. The topological polar surface area (TPSA) is 49.3 Å². The Morgan fingerprint density at radius 2 is 1.74 bits per heavy atom. The van der Waals surface area contributed by atoms with E-state index in [1.54, 1.807) is 12.1 Å². The summed E-state index contributed by atoms with van der Waals surface area (Å²) in [6.07, 6.45) is 5.05. The van der Waals surface area contributed by atoms with Gasteiger partial charge in [0.2, 0.25) is 5.91 Å². The van der Waals surface area contributed by atoms with Crippen LogP contribution >= 0.6 is 0 Å². The number of nitrogens with zero attached hydrogens (tertiary/aromatic N) is 4. The van der Waals surface area contributed by atoms with Gasteiger partial charge in [-0.1, -0.05) is 0 Å². The van der Waals surface area contributed by atoms with Crippen LogP contribution in [0.25, 0.3) is 11.3 Å². The number of anilines is 1. The molecule has 0 aliphatic carbocycles. The predicted octanol–water partition coefficient (Wildman–Crippen LogP) is 3.51. The normalized spacial score (nSPS) is 18.8. The molecule has 6 heteroatoms. The smallest absolute Gasteiger partial charge is 0.222 e. The number of carbonyl (C=O) groups is 1. The Morgan fingerprint density at radius 1 is 0.963 bits per heavy atom. The van der Waals surface area contributed by atoms with Gasteiger partial charge in [-0.05, 0) is 68.0 Å². The van der Waals surface area contributed by atoms with E-state index < -0.39 is 0 Å². The average Bonchev–Trinajstić information content (AvgIpc) is 2.71. The molecule has 142 valence electrons. The third-order valence-corrected chi connectivity index (χ3v) is 5.63. The molecule has 0 saturated carbocycles. The second-order valence-electron chi connectivity index (χ2n) is 7.51. The Hall–Kier alpha value is -2.50. The summed E-state index contributed by atoms with van der Waals surface area (Å²) in [5.74, 6) is 1.53. The van der Waals surface area contributed by atoms with Gasteiger partial charge >= 0.3 is 0 Å². The maximum absolute atomic E-state index is 13.0. The van der Waals surface area contributed by atoms with Crippen LogP contribution in [0.4, 0.5) is 10.2 Å². The van der Waals surface area contributed by atoms with Crippen molar-refractivity contribution in [3.05, 3.63) is 42.2 Å². The molecule has 1 amide bonds. The maximum atomic E-state index is 13.0. The van der Waals surface area contributed by atoms with Crippen LogP contribution in [0.3, 0.4) is 0 Å². The molecule has 0 bridgehead atoms. The third kappa shape index (κ3) is 4.26. The molecular formula is C21H25FN4O. The highest BCUT2D eigenvalue weighted by molar-refractivity contribution is 5.76. The van der Waals surface area contributed by atoms with Crippen LogP contribution in [0.2, 0.25) is 0 Å². The van der Waals surface area contributed by atoms with Gasteiger partial charge in [0.05, 0.1) is 5.69 Å². The lowest BCUT2D eigenvalue weighted by molar-refractivity contribution is -0.134. The number of benzene rings is 1. The van der Waals surface area contributed by atoms with Gasteiger partial charge < -0.3 is 9.80 Å². The van der Waals surface area contributed by atoms with Crippen LogP contribution in [0.1, 0.15) is 32.1 Å². The number of rotatable bonds is 4. The number of hydrogen-bond donors (Lipinski definition) is 0. The molecule has 0 spiro atoms. The first kappa shape index (κ1) is 17.9. The molecule has 2 fully saturated rings. The molecule has 1 aromatic carbocycles. The molecular weight excluding hydrogens is 343 g/mol. The molecule has 0 atom stereocenters. The van der Waals surface area contributed by atoms with Crippen molar-refractivity contribution in [3.63, 3.8) is 0 Å². The zero-order valence-electron chi connectivity index (χ0n) is 15.5. The van der Waals surface area contributed by atoms with Gasteiger partial charge in [0, 0.05) is 38.2 Å². The van der Waals surface area contributed by atoms with Gasteiger partial charge in [-0.25, -0.2) is 4.39 Å². The van der Waals surface area contributed by atoms with E-state index in [-0.39, 0.29) is 5.82 Å². The Bertz CT molecular complexity index is 770. The Morgan fingerprint density at radius 3 is 2.41 bits per heavy atom. The zero-order valence-corrected chi connectivity index (χ0v) is 15.5. The van der Waals surface area contributed by atoms with E-state index in [2.05, 4.69) is 20.0 Å². The second-order valence-corrected chi connectivity index (χ2v) is 7.51. The van der Waals surface area contributed by atoms with Crippen molar-refractivity contribution in [2.24, 2.45) is 5.92 Å². The van der Waals surface area contributed by atoms with Crippen molar-refractivity contribution in [2.75, 3.05) is 31.1 Å². The van der Waals surface area contributed by atoms with Gasteiger partial charge in [0.1, 0.15) is 5.82 Å². The van der Waals surface area contributed by atoms with Crippen molar-refractivity contribution in [1.82, 2.24) is 15.1 Å². The van der Waals surface area contributed by atoms with Crippen molar-refractivity contribution in [2.45, 2.75) is 32.1 Å². The van der Waals surface area contributed by atoms with E-state index in [4.69, 9.17) is 0 Å². The average molecular weight is 368 g/mol. The molecule has 1 aromatic heterocycles. The summed E-state index contributed by atoms with van der Waals surface area (Å²) in [6.45, 7) is 3.71. The number of piperidine rings is 2. The molecule has 3 heterocycles. The highest BCUT2D eigenvalue weighted by atomic mass is 19.1. The van der Waals surface area contributed by atoms with Crippen LogP contribution in [0.5, 0.6) is 0 Å². The molecule has 5 nitrogen and oxygen atoms in total. The van der Waals surface area contributed by atoms with Crippen LogP contribution in [0.15, 0.2) is 36.4 Å². The van der Waals surface area contributed by atoms with E-state index in [9.17, 15) is 9.18 Å². The van der Waals surface area contributed by atoms with Gasteiger partial charge in [0.25, 0.3) is 0 Å². The SMILES string of the molecule is O=C1CCCCN1CC1CCN(c2ccc(-c3ccc(F)cc3)nn2)CC1. The van der Waals surface area contributed by atoms with E-state index in [0.717, 1.165) is 75.4 Å². The first-order valence-electron chi connectivity index (χ1n) is 9.81. The number of likely N-dealkylation sites (tertiary alicyclic amines) is 1. The summed E-state index contributed by atoms with van der Waals surface area (Å²) in [7, 11) is 0. The minimum Gasteiger partial charge on any atom is -0.355 e. The molecule has 27 heavy (non-hydrogen) atoms. The molecule has 2 aromatic rings. The van der Waals surface area contributed by atoms with Crippen molar-refractivity contribution >= 4 is 11.7 Å². The highest BCUT2D eigenvalue weighted by Crippen LogP contribution is 2.25. The van der Waals surface area contributed by atoms with Crippen LogP contribution in [0, 0.1) is 11.7 Å². The highest BCUT2D eigenvalue weighted by Gasteiger charge is 2.25. The van der Waals surface area contributed by atoms with Gasteiger partial charge in [-0.2, -0.15) is 0 Å². The fraction of sp³-hybridized carbons (Fsp3) is 0.476. The number of aromatic nitrogens is 2. The third-order valence-electron chi connectivity index (χ3n) is 5.63. The summed E-state index contributed by atoms with van der Waals surface area (Å²) in [5, 5.41) is 8.68. The summed E-state index contributed by atoms with van der Waals surface area (Å²) < 4.78 is 13.0. The van der Waals surface area contributed by atoms with Crippen molar-refractivity contribution in [3.8, 4) is 11.3 Å². The molecule has 4 rings (SSSR count). The molecule has 0 radical (unpaired) electrons. The second kappa shape index (κ2) is 8.03. The van der Waals surface area contributed by atoms with E-state index in [1.807, 2.05) is 12.1 Å². The Balaban J connectivity index is 1.32. The Labute approximate surface area is 159 Å².